The molecule has 1 aliphatic rings. The van der Waals surface area contributed by atoms with E-state index in [-0.39, 0.29) is 5.91 Å². The van der Waals surface area contributed by atoms with Crippen LogP contribution in [0.2, 0.25) is 0 Å². The fourth-order valence-corrected chi connectivity index (χ4v) is 2.80. The monoisotopic (exact) mass is 261 g/mol. The minimum atomic E-state index is 0.0180. The Morgan fingerprint density at radius 3 is 3.00 bits per heavy atom. The van der Waals surface area contributed by atoms with E-state index in [1.807, 2.05) is 4.90 Å². The SMILES string of the molecule is CCCC1CCCN(C(=O)c2cccc(N)n2)CC1. The van der Waals surface area contributed by atoms with E-state index in [1.165, 1.54) is 19.3 Å². The van der Waals surface area contributed by atoms with E-state index in [2.05, 4.69) is 11.9 Å². The molecule has 2 heterocycles. The molecule has 104 valence electrons. The van der Waals surface area contributed by atoms with Gasteiger partial charge < -0.3 is 10.6 Å². The van der Waals surface area contributed by atoms with Gasteiger partial charge in [0.1, 0.15) is 11.5 Å². The van der Waals surface area contributed by atoms with Crippen LogP contribution in [0, 0.1) is 5.92 Å². The largest absolute Gasteiger partial charge is 0.384 e. The molecule has 1 saturated heterocycles. The molecule has 2 N–H and O–H groups in total. The molecule has 0 aromatic carbocycles. The number of nitrogen functional groups attached to an aromatic ring is 1. The van der Waals surface area contributed by atoms with Gasteiger partial charge in [-0.3, -0.25) is 4.79 Å². The number of likely N-dealkylation sites (tertiary alicyclic amines) is 1. The summed E-state index contributed by atoms with van der Waals surface area (Å²) in [5.41, 5.74) is 6.10. The third-order valence-corrected chi connectivity index (χ3v) is 3.82. The Balaban J connectivity index is 2.00. The molecule has 4 nitrogen and oxygen atoms in total. The minimum Gasteiger partial charge on any atom is -0.384 e. The average molecular weight is 261 g/mol. The quantitative estimate of drug-likeness (QED) is 0.910. The van der Waals surface area contributed by atoms with E-state index in [4.69, 9.17) is 5.73 Å². The first-order valence-electron chi connectivity index (χ1n) is 7.22. The van der Waals surface area contributed by atoms with Gasteiger partial charge in [-0.15, -0.1) is 0 Å². The summed E-state index contributed by atoms with van der Waals surface area (Å²) in [7, 11) is 0. The van der Waals surface area contributed by atoms with Crippen molar-refractivity contribution in [3.63, 3.8) is 0 Å². The Morgan fingerprint density at radius 1 is 1.42 bits per heavy atom. The van der Waals surface area contributed by atoms with Gasteiger partial charge >= 0.3 is 0 Å². The minimum absolute atomic E-state index is 0.0180. The zero-order valence-electron chi connectivity index (χ0n) is 11.6. The summed E-state index contributed by atoms with van der Waals surface area (Å²) in [6.07, 6.45) is 5.95. The highest BCUT2D eigenvalue weighted by atomic mass is 16.2. The van der Waals surface area contributed by atoms with Crippen molar-refractivity contribution in [1.29, 1.82) is 0 Å². The maximum atomic E-state index is 12.4. The van der Waals surface area contributed by atoms with Gasteiger partial charge in [0.25, 0.3) is 5.91 Å². The number of aromatic nitrogens is 1. The van der Waals surface area contributed by atoms with Gasteiger partial charge in [-0.05, 0) is 37.3 Å². The summed E-state index contributed by atoms with van der Waals surface area (Å²) in [6.45, 7) is 3.92. The number of carbonyl (C=O) groups excluding carboxylic acids is 1. The molecule has 1 aliphatic heterocycles. The Kier molecular flexibility index (Phi) is 4.77. The number of hydrogen-bond acceptors (Lipinski definition) is 3. The van der Waals surface area contributed by atoms with Crippen molar-refractivity contribution in [2.45, 2.75) is 39.0 Å². The van der Waals surface area contributed by atoms with Crippen LogP contribution in [0.25, 0.3) is 0 Å². The van der Waals surface area contributed by atoms with Gasteiger partial charge in [0, 0.05) is 13.1 Å². The van der Waals surface area contributed by atoms with E-state index >= 15 is 0 Å². The predicted octanol–water partition coefficient (Wildman–Crippen LogP) is 2.71. The van der Waals surface area contributed by atoms with Gasteiger partial charge in [0.15, 0.2) is 0 Å². The Hall–Kier alpha value is -1.58. The van der Waals surface area contributed by atoms with Gasteiger partial charge in [-0.25, -0.2) is 4.98 Å². The molecule has 1 amide bonds. The third kappa shape index (κ3) is 3.69. The molecule has 1 unspecified atom stereocenters. The average Bonchev–Trinajstić information content (AvgIpc) is 2.64. The van der Waals surface area contributed by atoms with E-state index < -0.39 is 0 Å². The predicted molar refractivity (Wildman–Crippen MR) is 76.8 cm³/mol. The molecule has 0 saturated carbocycles. The number of anilines is 1. The Labute approximate surface area is 115 Å². The molecule has 0 spiro atoms. The van der Waals surface area contributed by atoms with E-state index in [0.717, 1.165) is 31.8 Å². The molecule has 19 heavy (non-hydrogen) atoms. The zero-order chi connectivity index (χ0) is 13.7. The van der Waals surface area contributed by atoms with Crippen molar-refractivity contribution in [3.8, 4) is 0 Å². The highest BCUT2D eigenvalue weighted by Gasteiger charge is 2.21. The van der Waals surface area contributed by atoms with Crippen LogP contribution in [-0.2, 0) is 0 Å². The zero-order valence-corrected chi connectivity index (χ0v) is 11.6. The van der Waals surface area contributed by atoms with Crippen LogP contribution in [-0.4, -0.2) is 28.9 Å². The lowest BCUT2D eigenvalue weighted by Gasteiger charge is -2.20. The number of amides is 1. The van der Waals surface area contributed by atoms with Crippen molar-refractivity contribution in [3.05, 3.63) is 23.9 Å². The number of nitrogens with zero attached hydrogens (tertiary/aromatic N) is 2. The molecule has 1 atom stereocenters. The van der Waals surface area contributed by atoms with Crippen molar-refractivity contribution < 1.29 is 4.79 Å². The Morgan fingerprint density at radius 2 is 2.26 bits per heavy atom. The lowest BCUT2D eigenvalue weighted by molar-refractivity contribution is 0.0754. The van der Waals surface area contributed by atoms with Crippen LogP contribution in [0.3, 0.4) is 0 Å². The second kappa shape index (κ2) is 6.55. The summed E-state index contributed by atoms with van der Waals surface area (Å²) in [5.74, 6) is 1.20. The number of carbonyl (C=O) groups is 1. The number of nitrogens with two attached hydrogens (primary N) is 1. The van der Waals surface area contributed by atoms with Gasteiger partial charge in [0.2, 0.25) is 0 Å². The normalized spacial score (nSPS) is 20.1. The standard InChI is InChI=1S/C15H23N3O/c1-2-5-12-6-4-10-18(11-9-12)15(19)13-7-3-8-14(16)17-13/h3,7-8,12H,2,4-6,9-11H2,1H3,(H2,16,17). The van der Waals surface area contributed by atoms with E-state index in [9.17, 15) is 4.79 Å². The molecule has 1 fully saturated rings. The molecule has 4 heteroatoms. The molecule has 2 rings (SSSR count). The summed E-state index contributed by atoms with van der Waals surface area (Å²) in [6, 6.07) is 5.23. The van der Waals surface area contributed by atoms with Gasteiger partial charge in [-0.2, -0.15) is 0 Å². The smallest absolute Gasteiger partial charge is 0.272 e. The topological polar surface area (TPSA) is 59.2 Å². The van der Waals surface area contributed by atoms with Crippen LogP contribution in [0.15, 0.2) is 18.2 Å². The van der Waals surface area contributed by atoms with Crippen molar-refractivity contribution >= 4 is 11.7 Å². The van der Waals surface area contributed by atoms with Gasteiger partial charge in [-0.1, -0.05) is 25.8 Å². The first-order chi connectivity index (χ1) is 9.20. The number of hydrogen-bond donors (Lipinski definition) is 1. The van der Waals surface area contributed by atoms with Crippen molar-refractivity contribution in [2.75, 3.05) is 18.8 Å². The molecule has 0 aliphatic carbocycles. The summed E-state index contributed by atoms with van der Waals surface area (Å²) in [5, 5.41) is 0. The first-order valence-corrected chi connectivity index (χ1v) is 7.22. The third-order valence-electron chi connectivity index (χ3n) is 3.82. The van der Waals surface area contributed by atoms with Crippen LogP contribution in [0.5, 0.6) is 0 Å². The number of rotatable bonds is 3. The fraction of sp³-hybridized carbons (Fsp3) is 0.600. The molecule has 0 radical (unpaired) electrons. The molecular weight excluding hydrogens is 238 g/mol. The summed E-state index contributed by atoms with van der Waals surface area (Å²) in [4.78, 5) is 18.4. The van der Waals surface area contributed by atoms with Crippen LogP contribution < -0.4 is 5.73 Å². The van der Waals surface area contributed by atoms with Crippen molar-refractivity contribution in [2.24, 2.45) is 5.92 Å². The molecular formula is C15H23N3O. The lowest BCUT2D eigenvalue weighted by Crippen LogP contribution is -2.32. The van der Waals surface area contributed by atoms with Crippen molar-refractivity contribution in [1.82, 2.24) is 9.88 Å². The van der Waals surface area contributed by atoms with E-state index in [1.54, 1.807) is 18.2 Å². The molecule has 1 aromatic rings. The van der Waals surface area contributed by atoms with Crippen LogP contribution in [0.1, 0.15) is 49.5 Å². The highest BCUT2D eigenvalue weighted by molar-refractivity contribution is 5.92. The molecule has 1 aromatic heterocycles. The second-order valence-corrected chi connectivity index (χ2v) is 5.33. The maximum Gasteiger partial charge on any atom is 0.272 e. The van der Waals surface area contributed by atoms with E-state index in [0.29, 0.717) is 11.5 Å². The van der Waals surface area contributed by atoms with Crippen LogP contribution >= 0.6 is 0 Å². The summed E-state index contributed by atoms with van der Waals surface area (Å²) >= 11 is 0. The van der Waals surface area contributed by atoms with Crippen LogP contribution in [0.4, 0.5) is 5.82 Å². The Bertz CT molecular complexity index is 433. The lowest BCUT2D eigenvalue weighted by atomic mass is 9.96. The second-order valence-electron chi connectivity index (χ2n) is 5.33. The molecule has 0 bridgehead atoms. The maximum absolute atomic E-state index is 12.4. The highest BCUT2D eigenvalue weighted by Crippen LogP contribution is 2.22. The first kappa shape index (κ1) is 13.8. The fourth-order valence-electron chi connectivity index (χ4n) is 2.80. The number of pyridine rings is 1. The summed E-state index contributed by atoms with van der Waals surface area (Å²) < 4.78 is 0. The van der Waals surface area contributed by atoms with Gasteiger partial charge in [0.05, 0.1) is 0 Å².